The Hall–Kier alpha value is -6.34. The van der Waals surface area contributed by atoms with Gasteiger partial charge in [-0.3, -0.25) is 19.2 Å². The highest BCUT2D eigenvalue weighted by atomic mass is 79.9. The molecule has 0 radical (unpaired) electrons. The summed E-state index contributed by atoms with van der Waals surface area (Å²) < 4.78 is 13.9. The Labute approximate surface area is 626 Å². The Balaban J connectivity index is 0.632. The van der Waals surface area contributed by atoms with Gasteiger partial charge in [0, 0.05) is 66.1 Å². The van der Waals surface area contributed by atoms with E-state index < -0.39 is 23.8 Å². The molecule has 0 spiro atoms. The van der Waals surface area contributed by atoms with Gasteiger partial charge in [0.05, 0.1) is 58.2 Å². The molecule has 6 N–H and O–H groups in total. The van der Waals surface area contributed by atoms with Gasteiger partial charge < -0.3 is 41.0 Å². The lowest BCUT2D eigenvalue weighted by molar-refractivity contribution is 0.0977. The molecule has 0 aliphatic heterocycles. The van der Waals surface area contributed by atoms with Crippen molar-refractivity contribution in [3.63, 3.8) is 0 Å². The number of halogens is 4. The van der Waals surface area contributed by atoms with Gasteiger partial charge in [0.15, 0.2) is 23.1 Å². The molecule has 0 heterocycles. The summed E-state index contributed by atoms with van der Waals surface area (Å²) in [7, 11) is 0. The molecular weight excluding hydrogens is 1520 g/mol. The Morgan fingerprint density at radius 3 is 0.970 bits per heavy atom. The molecule has 100 heavy (non-hydrogen) atoms. The minimum Gasteiger partial charge on any atom is -0.507 e. The van der Waals surface area contributed by atoms with E-state index in [1.165, 1.54) is 179 Å². The van der Waals surface area contributed by atoms with Crippen LogP contribution < -0.4 is 21.3 Å². The molecule has 2 atom stereocenters. The number of carbonyl (C=O) groups excluding carboxylic acids is 6. The fraction of sp³-hybridized carbons (Fsp3) is 0.488. The van der Waals surface area contributed by atoms with E-state index in [-0.39, 0.29) is 69.7 Å². The molecule has 2 aliphatic rings. The Kier molecular flexibility index (Phi) is 33.6. The maximum Gasteiger partial charge on any atom is 0.407 e. The first-order valence-corrected chi connectivity index (χ1v) is 40.2. The molecule has 538 valence electrons. The quantitative estimate of drug-likeness (QED) is 0.0156. The summed E-state index contributed by atoms with van der Waals surface area (Å²) >= 11 is 14.6. The second-order valence-corrected chi connectivity index (χ2v) is 30.5. The van der Waals surface area contributed by atoms with Crippen LogP contribution in [0, 0.1) is 11.8 Å². The summed E-state index contributed by atoms with van der Waals surface area (Å²) in [6.07, 6.45) is 38.5. The van der Waals surface area contributed by atoms with Crippen LogP contribution in [0.25, 0.3) is 0 Å². The number of anilines is 4. The first kappa shape index (κ1) is 79.4. The molecule has 8 rings (SSSR count). The van der Waals surface area contributed by atoms with Crippen LogP contribution in [0.5, 0.6) is 11.5 Å². The number of aromatic hydroxyl groups is 2. The van der Waals surface area contributed by atoms with Crippen molar-refractivity contribution in [1.29, 1.82) is 0 Å². The molecule has 0 fully saturated rings. The zero-order valence-electron chi connectivity index (χ0n) is 58.5. The van der Waals surface area contributed by atoms with Gasteiger partial charge in [0.1, 0.15) is 11.5 Å². The number of nitrogens with one attached hydrogen (secondary N) is 4. The number of hydrogen-bond acceptors (Lipinski definition) is 12. The summed E-state index contributed by atoms with van der Waals surface area (Å²) in [6, 6.07) is 27.0. The zero-order chi connectivity index (χ0) is 71.2. The number of phenolic OH excluding ortho intramolecular Hbond substituents is 2. The smallest absolute Gasteiger partial charge is 0.407 e. The van der Waals surface area contributed by atoms with E-state index >= 15 is 0 Å². The number of phenols is 2. The predicted molar refractivity (Wildman–Crippen MR) is 416 cm³/mol. The van der Waals surface area contributed by atoms with Crippen molar-refractivity contribution >= 4 is 122 Å². The van der Waals surface area contributed by atoms with Gasteiger partial charge in [-0.05, 0) is 148 Å². The van der Waals surface area contributed by atoms with Crippen LogP contribution >= 0.6 is 63.7 Å². The van der Waals surface area contributed by atoms with Crippen molar-refractivity contribution in [2.24, 2.45) is 11.8 Å². The van der Waals surface area contributed by atoms with Crippen molar-refractivity contribution in [1.82, 2.24) is 10.6 Å². The summed E-state index contributed by atoms with van der Waals surface area (Å²) in [5, 5.41) is 33.7. The van der Waals surface area contributed by atoms with Gasteiger partial charge >= 0.3 is 12.2 Å². The van der Waals surface area contributed by atoms with E-state index in [2.05, 4.69) is 98.8 Å². The first-order valence-electron chi connectivity index (χ1n) is 37.0. The summed E-state index contributed by atoms with van der Waals surface area (Å²) in [5.41, 5.74) is 5.27. The monoisotopic (exact) mass is 1620 g/mol. The number of fused-ring (bicyclic) bond motifs is 4. The SMILES string of the molecule is CCCCCCC(CCCCCCCCCCCNC(=O)OCCc1cc(Br)c(Nc2ccc(O)c3c2C(=O)c2ccccc2C3=O)c(Br)c1)C(CCCCCC)CCCCCCCCCCCNC(=O)OCCc1cc(Br)c(Nc2ccc(O)c3c2C(=O)c2ccccc2C3=O)c(Br)c1. The van der Waals surface area contributed by atoms with Crippen LogP contribution in [0.1, 0.15) is 281 Å². The largest absolute Gasteiger partial charge is 0.507 e. The highest BCUT2D eigenvalue weighted by Crippen LogP contribution is 2.44. The number of hydrogen-bond donors (Lipinski definition) is 6. The number of benzene rings is 6. The summed E-state index contributed by atoms with van der Waals surface area (Å²) in [6.45, 7) is 6.24. The molecule has 0 saturated carbocycles. The molecule has 2 amide bonds. The molecule has 14 nitrogen and oxygen atoms in total. The molecule has 0 aromatic heterocycles. The van der Waals surface area contributed by atoms with E-state index in [0.717, 1.165) is 48.6 Å². The molecule has 6 aromatic carbocycles. The van der Waals surface area contributed by atoms with Crippen LogP contribution in [0.3, 0.4) is 0 Å². The van der Waals surface area contributed by atoms with E-state index in [0.29, 0.717) is 77.7 Å². The molecule has 2 unspecified atom stereocenters. The zero-order valence-corrected chi connectivity index (χ0v) is 64.9. The number of unbranched alkanes of at least 4 members (excludes halogenated alkanes) is 22. The third kappa shape index (κ3) is 23.3. The third-order valence-corrected chi connectivity index (χ3v) is 22.1. The van der Waals surface area contributed by atoms with Crippen LogP contribution in [0.15, 0.2) is 115 Å². The van der Waals surface area contributed by atoms with Crippen LogP contribution in [0.4, 0.5) is 32.3 Å². The second-order valence-electron chi connectivity index (χ2n) is 27.1. The average Bonchev–Trinajstić information content (AvgIpc) is 0.751. The predicted octanol–water partition coefficient (Wildman–Crippen LogP) is 23.4. The van der Waals surface area contributed by atoms with Crippen LogP contribution in [-0.2, 0) is 22.3 Å². The second kappa shape index (κ2) is 42.3. The van der Waals surface area contributed by atoms with E-state index in [9.17, 15) is 39.0 Å². The molecule has 0 bridgehead atoms. The molecule has 6 aromatic rings. The standard InChI is InChI=1S/C82H102Br4N4O10/c1-3-5-7-23-33-57(35-25-19-15-11-9-13-17-21-31-47-87-81(97)99-49-45-55-51-63(83)75(64(84)52-55)89-67-41-43-69(91)73-71(67)77(93)59-37-27-29-39-61(59)79(73)95)58(34-24-8-6-4-2)36-26-20-16-12-10-14-18-22-32-48-88-82(98)100-50-46-56-53-65(85)76(66(86)54-56)90-68-42-44-70(92)74-72(68)78(94)60-38-28-30-40-62(60)80(74)96/h27-30,37-44,51-54,57-58,89-92H,3-26,31-36,45-50H2,1-2H3,(H,87,97)(H,88,98). The minimum atomic E-state index is -0.416. The number of ketones is 4. The van der Waals surface area contributed by atoms with Gasteiger partial charge in [-0.2, -0.15) is 0 Å². The third-order valence-electron chi connectivity index (χ3n) is 19.6. The lowest BCUT2D eigenvalue weighted by Gasteiger charge is -2.28. The molecule has 2 aliphatic carbocycles. The van der Waals surface area contributed by atoms with Crippen molar-refractivity contribution in [2.75, 3.05) is 36.9 Å². The molecule has 0 saturated heterocycles. The van der Waals surface area contributed by atoms with Crippen LogP contribution in [-0.4, -0.2) is 71.8 Å². The lowest BCUT2D eigenvalue weighted by atomic mass is 9.78. The summed E-state index contributed by atoms with van der Waals surface area (Å²) in [5.74, 6) is -0.250. The Morgan fingerprint density at radius 1 is 0.380 bits per heavy atom. The van der Waals surface area contributed by atoms with Crippen molar-refractivity contribution < 1.29 is 48.5 Å². The van der Waals surface area contributed by atoms with Gasteiger partial charge in [-0.1, -0.05) is 242 Å². The highest BCUT2D eigenvalue weighted by Gasteiger charge is 2.36. The number of ether oxygens (including phenoxy) is 2. The van der Waals surface area contributed by atoms with Gasteiger partial charge in [0.25, 0.3) is 0 Å². The Morgan fingerprint density at radius 2 is 0.660 bits per heavy atom. The van der Waals surface area contributed by atoms with Crippen molar-refractivity contribution in [3.8, 4) is 11.5 Å². The average molecular weight is 1620 g/mol. The highest BCUT2D eigenvalue weighted by molar-refractivity contribution is 9.11. The van der Waals surface area contributed by atoms with Crippen LogP contribution in [0.2, 0.25) is 0 Å². The first-order chi connectivity index (χ1) is 48.6. The fourth-order valence-corrected chi connectivity index (χ4v) is 17.1. The Bertz CT molecular complexity index is 3440. The van der Waals surface area contributed by atoms with Gasteiger partial charge in [0.2, 0.25) is 0 Å². The number of rotatable bonds is 45. The topological polar surface area (TPSA) is 209 Å². The van der Waals surface area contributed by atoms with E-state index in [1.54, 1.807) is 60.7 Å². The summed E-state index contributed by atoms with van der Waals surface area (Å²) in [4.78, 5) is 79.1. The van der Waals surface area contributed by atoms with Gasteiger partial charge in [-0.15, -0.1) is 0 Å². The normalized spacial score (nSPS) is 12.9. The van der Waals surface area contributed by atoms with E-state index in [1.807, 2.05) is 24.3 Å². The molecular formula is C82H102Br4N4O10. The van der Waals surface area contributed by atoms with E-state index in [4.69, 9.17) is 9.47 Å². The molecule has 18 heteroatoms. The number of amides is 2. The number of carbonyl (C=O) groups is 6. The maximum atomic E-state index is 13.6. The van der Waals surface area contributed by atoms with Crippen molar-refractivity contribution in [3.05, 3.63) is 171 Å². The lowest BCUT2D eigenvalue weighted by Crippen LogP contribution is -2.26. The number of alkyl carbamates (subject to hydrolysis) is 2. The minimum absolute atomic E-state index is 0.0164. The maximum absolute atomic E-state index is 13.6. The van der Waals surface area contributed by atoms with Crippen molar-refractivity contribution in [2.45, 2.75) is 219 Å². The van der Waals surface area contributed by atoms with Gasteiger partial charge in [-0.25, -0.2) is 9.59 Å². The fourth-order valence-electron chi connectivity index (χ4n) is 14.1.